The number of pyridine rings is 2. The predicted octanol–water partition coefficient (Wildman–Crippen LogP) is 3.85. The minimum Gasteiger partial charge on any atom is -0.420 e. The number of aromatic nitrogens is 4. The second kappa shape index (κ2) is 6.38. The molecule has 0 atom stereocenters. The number of ether oxygens (including phenoxy) is 1. The van der Waals surface area contributed by atoms with Gasteiger partial charge in [0.2, 0.25) is 22.8 Å². The molecule has 0 radical (unpaired) electrons. The van der Waals surface area contributed by atoms with Crippen LogP contribution in [0.25, 0.3) is 0 Å². The Morgan fingerprint density at radius 3 is 2.19 bits per heavy atom. The molecule has 0 aromatic carbocycles. The van der Waals surface area contributed by atoms with Gasteiger partial charge in [-0.3, -0.25) is 4.79 Å². The van der Waals surface area contributed by atoms with Crippen molar-refractivity contribution in [3.05, 3.63) is 52.3 Å². The van der Waals surface area contributed by atoms with E-state index in [4.69, 9.17) is 4.74 Å². The van der Waals surface area contributed by atoms with Gasteiger partial charge in [-0.2, -0.15) is 0 Å². The van der Waals surface area contributed by atoms with Gasteiger partial charge in [0, 0.05) is 28.4 Å². The zero-order chi connectivity index (χ0) is 19.2. The first kappa shape index (κ1) is 17.5. The van der Waals surface area contributed by atoms with E-state index in [-0.39, 0.29) is 11.8 Å². The molecule has 1 amide bonds. The molecule has 0 spiro atoms. The molecule has 0 unspecified atom stereocenters. The van der Waals surface area contributed by atoms with E-state index in [0.717, 1.165) is 22.5 Å². The number of aryl methyl sites for hydroxylation is 2. The first-order chi connectivity index (χ1) is 12.9. The SMILES string of the molecule is Cc1ccc2c(n1)Oc1nc(C)ccc1C2C(C)(C)C(=O)Nc1nncs1. The average molecular weight is 381 g/mol. The fraction of sp³-hybridized carbons (Fsp3) is 0.316. The van der Waals surface area contributed by atoms with Crippen LogP contribution >= 0.6 is 11.3 Å². The molecule has 1 aliphatic heterocycles. The molecule has 0 bridgehead atoms. The van der Waals surface area contributed by atoms with Crippen LogP contribution in [-0.4, -0.2) is 26.1 Å². The zero-order valence-corrected chi connectivity index (χ0v) is 16.3. The Morgan fingerprint density at radius 1 is 1.07 bits per heavy atom. The second-order valence-electron chi connectivity index (χ2n) is 7.15. The number of carbonyl (C=O) groups excluding carboxylic acids is 1. The normalized spacial score (nSPS) is 13.5. The van der Waals surface area contributed by atoms with Crippen LogP contribution in [0.5, 0.6) is 11.8 Å². The highest BCUT2D eigenvalue weighted by Crippen LogP contribution is 2.51. The summed E-state index contributed by atoms with van der Waals surface area (Å²) in [7, 11) is 0. The second-order valence-corrected chi connectivity index (χ2v) is 7.98. The van der Waals surface area contributed by atoms with Crippen LogP contribution in [0.15, 0.2) is 29.8 Å². The summed E-state index contributed by atoms with van der Waals surface area (Å²) in [6.07, 6.45) is 0. The van der Waals surface area contributed by atoms with Crippen LogP contribution in [0.1, 0.15) is 42.3 Å². The Kier molecular flexibility index (Phi) is 4.15. The number of fused-ring (bicyclic) bond motifs is 2. The van der Waals surface area contributed by atoms with E-state index >= 15 is 0 Å². The van der Waals surface area contributed by atoms with Crippen LogP contribution in [0, 0.1) is 19.3 Å². The van der Waals surface area contributed by atoms with Crippen LogP contribution in [0.3, 0.4) is 0 Å². The molecule has 3 aromatic rings. The maximum absolute atomic E-state index is 13.1. The maximum atomic E-state index is 13.1. The van der Waals surface area contributed by atoms with Crippen LogP contribution in [0.4, 0.5) is 5.13 Å². The molecular weight excluding hydrogens is 362 g/mol. The van der Waals surface area contributed by atoms with Crippen molar-refractivity contribution in [2.45, 2.75) is 33.6 Å². The van der Waals surface area contributed by atoms with Crippen molar-refractivity contribution in [1.29, 1.82) is 0 Å². The summed E-state index contributed by atoms with van der Waals surface area (Å²) >= 11 is 1.29. The van der Waals surface area contributed by atoms with E-state index in [1.165, 1.54) is 11.3 Å². The van der Waals surface area contributed by atoms with Gasteiger partial charge in [-0.25, -0.2) is 9.97 Å². The molecule has 138 valence electrons. The molecule has 7 nitrogen and oxygen atoms in total. The Balaban J connectivity index is 1.82. The molecule has 0 aliphatic carbocycles. The Bertz CT molecular complexity index is 965. The molecule has 3 aromatic heterocycles. The predicted molar refractivity (Wildman–Crippen MR) is 102 cm³/mol. The van der Waals surface area contributed by atoms with Gasteiger partial charge in [-0.05, 0) is 26.0 Å². The topological polar surface area (TPSA) is 89.9 Å². The van der Waals surface area contributed by atoms with E-state index in [1.54, 1.807) is 5.51 Å². The van der Waals surface area contributed by atoms with Crippen molar-refractivity contribution in [3.8, 4) is 11.8 Å². The Morgan fingerprint density at radius 2 is 1.67 bits per heavy atom. The molecule has 8 heteroatoms. The van der Waals surface area contributed by atoms with Gasteiger partial charge in [0.25, 0.3) is 0 Å². The smallest absolute Gasteiger partial charge is 0.232 e. The number of rotatable bonds is 3. The van der Waals surface area contributed by atoms with E-state index in [0.29, 0.717) is 16.9 Å². The fourth-order valence-corrected chi connectivity index (χ4v) is 3.78. The van der Waals surface area contributed by atoms with Crippen molar-refractivity contribution in [2.75, 3.05) is 5.32 Å². The lowest BCUT2D eigenvalue weighted by Crippen LogP contribution is -2.38. The number of carbonyl (C=O) groups is 1. The van der Waals surface area contributed by atoms with E-state index in [2.05, 4.69) is 25.5 Å². The monoisotopic (exact) mass is 381 g/mol. The quantitative estimate of drug-likeness (QED) is 0.741. The molecule has 4 heterocycles. The number of hydrogen-bond donors (Lipinski definition) is 1. The van der Waals surface area contributed by atoms with Gasteiger partial charge < -0.3 is 10.1 Å². The van der Waals surface area contributed by atoms with Crippen LogP contribution in [-0.2, 0) is 4.79 Å². The van der Waals surface area contributed by atoms with Gasteiger partial charge in [-0.15, -0.1) is 10.2 Å². The third kappa shape index (κ3) is 3.06. The lowest BCUT2D eigenvalue weighted by molar-refractivity contribution is -0.124. The Hall–Kier alpha value is -2.87. The molecule has 0 saturated carbocycles. The van der Waals surface area contributed by atoms with Crippen LogP contribution in [0.2, 0.25) is 0 Å². The lowest BCUT2D eigenvalue weighted by atomic mass is 9.70. The highest BCUT2D eigenvalue weighted by Gasteiger charge is 2.44. The summed E-state index contributed by atoms with van der Waals surface area (Å²) in [5.41, 5.74) is 4.22. The molecule has 27 heavy (non-hydrogen) atoms. The highest BCUT2D eigenvalue weighted by atomic mass is 32.1. The van der Waals surface area contributed by atoms with Crippen LogP contribution < -0.4 is 10.1 Å². The Labute approximate surface area is 160 Å². The van der Waals surface area contributed by atoms with Crippen molar-refractivity contribution in [2.24, 2.45) is 5.41 Å². The summed E-state index contributed by atoms with van der Waals surface area (Å²) < 4.78 is 5.98. The molecule has 1 N–H and O–H groups in total. The molecule has 4 rings (SSSR count). The third-order valence-electron chi connectivity index (χ3n) is 4.76. The number of nitrogens with one attached hydrogen (secondary N) is 1. The van der Waals surface area contributed by atoms with Gasteiger partial charge in [0.15, 0.2) is 0 Å². The first-order valence-electron chi connectivity index (χ1n) is 8.57. The van der Waals surface area contributed by atoms with Crippen molar-refractivity contribution < 1.29 is 9.53 Å². The van der Waals surface area contributed by atoms with Gasteiger partial charge in [0.1, 0.15) is 5.51 Å². The van der Waals surface area contributed by atoms with Crippen molar-refractivity contribution >= 4 is 22.4 Å². The largest absolute Gasteiger partial charge is 0.420 e. The standard InChI is InChI=1S/C19H19N5O2S/c1-10-5-7-12-14(19(3,4)17(25)23-18-24-20-9-27-18)13-8-6-11(2)22-16(13)26-15(12)21-10/h5-9,14H,1-4H3,(H,23,24,25). The zero-order valence-electron chi connectivity index (χ0n) is 15.5. The number of amides is 1. The average Bonchev–Trinajstić information content (AvgIpc) is 3.12. The summed E-state index contributed by atoms with van der Waals surface area (Å²) in [6, 6.07) is 7.82. The first-order valence-corrected chi connectivity index (χ1v) is 9.45. The highest BCUT2D eigenvalue weighted by molar-refractivity contribution is 7.13. The molecule has 1 aliphatic rings. The molecular formula is C19H19N5O2S. The van der Waals surface area contributed by atoms with Gasteiger partial charge in [0.05, 0.1) is 5.41 Å². The number of nitrogens with zero attached hydrogens (tertiary/aromatic N) is 4. The summed E-state index contributed by atoms with van der Waals surface area (Å²) in [4.78, 5) is 22.2. The van der Waals surface area contributed by atoms with E-state index in [1.807, 2.05) is 52.0 Å². The number of hydrogen-bond acceptors (Lipinski definition) is 7. The molecule has 0 fully saturated rings. The third-order valence-corrected chi connectivity index (χ3v) is 5.37. The van der Waals surface area contributed by atoms with Gasteiger partial charge in [-0.1, -0.05) is 37.3 Å². The minimum absolute atomic E-state index is 0.149. The van der Waals surface area contributed by atoms with Gasteiger partial charge >= 0.3 is 0 Å². The van der Waals surface area contributed by atoms with E-state index < -0.39 is 5.41 Å². The maximum Gasteiger partial charge on any atom is 0.232 e. The van der Waals surface area contributed by atoms with E-state index in [9.17, 15) is 4.79 Å². The summed E-state index contributed by atoms with van der Waals surface area (Å²) in [5, 5.41) is 11.0. The van der Waals surface area contributed by atoms with Crippen molar-refractivity contribution in [3.63, 3.8) is 0 Å². The van der Waals surface area contributed by atoms with Crippen molar-refractivity contribution in [1.82, 2.24) is 20.2 Å². The summed E-state index contributed by atoms with van der Waals surface area (Å²) in [6.45, 7) is 7.63. The lowest BCUT2D eigenvalue weighted by Gasteiger charge is -2.37. The fourth-order valence-electron chi connectivity index (χ4n) is 3.34. The number of anilines is 1. The minimum atomic E-state index is -0.799. The molecule has 0 saturated heterocycles. The summed E-state index contributed by atoms with van der Waals surface area (Å²) in [5.74, 6) is 0.597.